The van der Waals surface area contributed by atoms with E-state index in [2.05, 4.69) is 24.7 Å². The van der Waals surface area contributed by atoms with Crippen molar-refractivity contribution in [3.8, 4) is 0 Å². The maximum atomic E-state index is 11.5. The number of ether oxygens (including phenoxy) is 1. The number of nitrogens with one attached hydrogen (secondary N) is 2. The van der Waals surface area contributed by atoms with E-state index in [-0.39, 0.29) is 17.9 Å². The third-order valence-corrected chi connectivity index (χ3v) is 2.33. The number of esters is 1. The van der Waals surface area contributed by atoms with Crippen LogP contribution in [0.3, 0.4) is 0 Å². The van der Waals surface area contributed by atoms with Crippen LogP contribution < -0.4 is 10.9 Å². The number of hydrazine groups is 1. The van der Waals surface area contributed by atoms with E-state index < -0.39 is 0 Å². The second-order valence-electron chi connectivity index (χ2n) is 3.65. The van der Waals surface area contributed by atoms with Gasteiger partial charge in [0.2, 0.25) is 0 Å². The van der Waals surface area contributed by atoms with Crippen LogP contribution in [-0.4, -0.2) is 25.2 Å². The monoisotopic (exact) mass is 186 g/mol. The fourth-order valence-corrected chi connectivity index (χ4v) is 1.62. The minimum absolute atomic E-state index is 0.0417. The van der Waals surface area contributed by atoms with Gasteiger partial charge in [-0.3, -0.25) is 15.6 Å². The van der Waals surface area contributed by atoms with Gasteiger partial charge in [0.1, 0.15) is 0 Å². The molecule has 0 aromatic rings. The molecule has 2 N–H and O–H groups in total. The summed E-state index contributed by atoms with van der Waals surface area (Å²) in [5, 5.41) is 0. The molecule has 0 aromatic heterocycles. The first-order valence-corrected chi connectivity index (χ1v) is 4.81. The highest BCUT2D eigenvalue weighted by molar-refractivity contribution is 5.74. The molecule has 2 unspecified atom stereocenters. The zero-order valence-corrected chi connectivity index (χ0v) is 8.46. The molecule has 1 fully saturated rings. The predicted octanol–water partition coefficient (Wildman–Crippen LogP) is 0.298. The molecule has 0 radical (unpaired) electrons. The number of rotatable bonds is 3. The number of carbonyl (C=O) groups excluding carboxylic acids is 1. The summed E-state index contributed by atoms with van der Waals surface area (Å²) in [6.45, 7) is 7.15. The molecule has 4 heteroatoms. The summed E-state index contributed by atoms with van der Waals surface area (Å²) in [4.78, 5) is 11.5. The third-order valence-electron chi connectivity index (χ3n) is 2.33. The van der Waals surface area contributed by atoms with Crippen LogP contribution >= 0.6 is 0 Å². The van der Waals surface area contributed by atoms with Gasteiger partial charge < -0.3 is 4.74 Å². The number of hydrogen-bond donors (Lipinski definition) is 2. The standard InChI is InChI=1S/C9H18N2O2/c1-4-13-9(12)7-5-10-11-8(7)6(2)3/h6-8,10-11H,4-5H2,1-3H3. The predicted molar refractivity (Wildman–Crippen MR) is 49.9 cm³/mol. The van der Waals surface area contributed by atoms with E-state index >= 15 is 0 Å². The van der Waals surface area contributed by atoms with Gasteiger partial charge in [-0.05, 0) is 12.8 Å². The summed E-state index contributed by atoms with van der Waals surface area (Å²) in [7, 11) is 0. The molecule has 76 valence electrons. The van der Waals surface area contributed by atoms with Crippen molar-refractivity contribution >= 4 is 5.97 Å². The minimum atomic E-state index is -0.0984. The van der Waals surface area contributed by atoms with Crippen LogP contribution in [-0.2, 0) is 9.53 Å². The molecule has 0 aliphatic carbocycles. The Morgan fingerprint density at radius 1 is 1.62 bits per heavy atom. The Morgan fingerprint density at radius 3 is 2.85 bits per heavy atom. The first-order chi connectivity index (χ1) is 6.16. The molecule has 0 saturated carbocycles. The van der Waals surface area contributed by atoms with Gasteiger partial charge in [-0.2, -0.15) is 0 Å². The summed E-state index contributed by atoms with van der Waals surface area (Å²) in [6, 6.07) is 0.194. The number of hydrogen-bond acceptors (Lipinski definition) is 4. The number of carbonyl (C=O) groups is 1. The molecule has 0 amide bonds. The Labute approximate surface area is 79.0 Å². The summed E-state index contributed by atoms with van der Waals surface area (Å²) < 4.78 is 4.99. The van der Waals surface area contributed by atoms with Crippen LogP contribution in [0, 0.1) is 11.8 Å². The Kier molecular flexibility index (Phi) is 3.69. The molecular weight excluding hydrogens is 168 g/mol. The first-order valence-electron chi connectivity index (χ1n) is 4.81. The lowest BCUT2D eigenvalue weighted by molar-refractivity contribution is -0.148. The third kappa shape index (κ3) is 2.42. The molecule has 0 aromatic carbocycles. The Hall–Kier alpha value is -0.610. The van der Waals surface area contributed by atoms with Crippen molar-refractivity contribution in [3.63, 3.8) is 0 Å². The van der Waals surface area contributed by atoms with Crippen molar-refractivity contribution in [1.29, 1.82) is 0 Å². The van der Waals surface area contributed by atoms with E-state index in [0.717, 1.165) is 0 Å². The van der Waals surface area contributed by atoms with E-state index in [4.69, 9.17) is 4.74 Å². The average molecular weight is 186 g/mol. The second-order valence-corrected chi connectivity index (χ2v) is 3.65. The molecule has 1 rings (SSSR count). The lowest BCUT2D eigenvalue weighted by atomic mass is 9.92. The molecule has 1 aliphatic heterocycles. The maximum Gasteiger partial charge on any atom is 0.311 e. The molecule has 1 heterocycles. The smallest absolute Gasteiger partial charge is 0.311 e. The molecule has 1 saturated heterocycles. The van der Waals surface area contributed by atoms with Crippen LogP contribution in [0.15, 0.2) is 0 Å². The van der Waals surface area contributed by atoms with Gasteiger partial charge in [0.15, 0.2) is 0 Å². The van der Waals surface area contributed by atoms with E-state index in [1.54, 1.807) is 0 Å². The highest BCUT2D eigenvalue weighted by Crippen LogP contribution is 2.17. The summed E-state index contributed by atoms with van der Waals surface area (Å²) in [6.07, 6.45) is 0. The van der Waals surface area contributed by atoms with Crippen molar-refractivity contribution < 1.29 is 9.53 Å². The van der Waals surface area contributed by atoms with Crippen LogP contribution in [0.25, 0.3) is 0 Å². The zero-order chi connectivity index (χ0) is 9.84. The van der Waals surface area contributed by atoms with Gasteiger partial charge >= 0.3 is 5.97 Å². The van der Waals surface area contributed by atoms with E-state index in [9.17, 15) is 4.79 Å². The fraction of sp³-hybridized carbons (Fsp3) is 0.889. The maximum absolute atomic E-state index is 11.5. The van der Waals surface area contributed by atoms with E-state index in [0.29, 0.717) is 19.1 Å². The Bertz CT molecular complexity index is 182. The summed E-state index contributed by atoms with van der Waals surface area (Å²) in [5.41, 5.74) is 6.09. The SMILES string of the molecule is CCOC(=O)C1CNNC1C(C)C. The highest BCUT2D eigenvalue weighted by Gasteiger charge is 2.35. The largest absolute Gasteiger partial charge is 0.466 e. The zero-order valence-electron chi connectivity index (χ0n) is 8.46. The van der Waals surface area contributed by atoms with Gasteiger partial charge in [-0.15, -0.1) is 0 Å². The van der Waals surface area contributed by atoms with Crippen molar-refractivity contribution in [2.24, 2.45) is 11.8 Å². The summed E-state index contributed by atoms with van der Waals surface area (Å²) in [5.74, 6) is 0.294. The van der Waals surface area contributed by atoms with Crippen LogP contribution in [0.1, 0.15) is 20.8 Å². The molecule has 1 aliphatic rings. The molecular formula is C9H18N2O2. The van der Waals surface area contributed by atoms with Crippen LogP contribution in [0.4, 0.5) is 0 Å². The minimum Gasteiger partial charge on any atom is -0.466 e. The van der Waals surface area contributed by atoms with Gasteiger partial charge in [0, 0.05) is 12.6 Å². The van der Waals surface area contributed by atoms with Crippen molar-refractivity contribution in [3.05, 3.63) is 0 Å². The molecule has 13 heavy (non-hydrogen) atoms. The van der Waals surface area contributed by atoms with Crippen LogP contribution in [0.5, 0.6) is 0 Å². The molecule has 0 spiro atoms. The second kappa shape index (κ2) is 4.58. The van der Waals surface area contributed by atoms with Gasteiger partial charge in [-0.1, -0.05) is 13.8 Å². The Balaban J connectivity index is 2.52. The topological polar surface area (TPSA) is 50.4 Å². The van der Waals surface area contributed by atoms with E-state index in [1.165, 1.54) is 0 Å². The first kappa shape index (κ1) is 10.5. The highest BCUT2D eigenvalue weighted by atomic mass is 16.5. The van der Waals surface area contributed by atoms with Crippen molar-refractivity contribution in [2.75, 3.05) is 13.2 Å². The fourth-order valence-electron chi connectivity index (χ4n) is 1.62. The van der Waals surface area contributed by atoms with Crippen LogP contribution in [0.2, 0.25) is 0 Å². The van der Waals surface area contributed by atoms with Gasteiger partial charge in [0.25, 0.3) is 0 Å². The molecule has 2 atom stereocenters. The normalized spacial score (nSPS) is 28.0. The Morgan fingerprint density at radius 2 is 2.31 bits per heavy atom. The van der Waals surface area contributed by atoms with Gasteiger partial charge in [-0.25, -0.2) is 0 Å². The summed E-state index contributed by atoms with van der Waals surface area (Å²) >= 11 is 0. The molecule has 4 nitrogen and oxygen atoms in total. The molecule has 0 bridgehead atoms. The van der Waals surface area contributed by atoms with Gasteiger partial charge in [0.05, 0.1) is 12.5 Å². The van der Waals surface area contributed by atoms with Crippen molar-refractivity contribution in [2.45, 2.75) is 26.8 Å². The van der Waals surface area contributed by atoms with E-state index in [1.807, 2.05) is 6.92 Å². The quantitative estimate of drug-likeness (QED) is 0.622. The lowest BCUT2D eigenvalue weighted by Crippen LogP contribution is -2.38. The lowest BCUT2D eigenvalue weighted by Gasteiger charge is -2.20. The average Bonchev–Trinajstić information content (AvgIpc) is 2.52. The van der Waals surface area contributed by atoms with Crippen molar-refractivity contribution in [1.82, 2.24) is 10.9 Å².